The predicted octanol–water partition coefficient (Wildman–Crippen LogP) is 1.49. The molecule has 0 aliphatic heterocycles. The fraction of sp³-hybridized carbons (Fsp3) is 0.833. The average Bonchev–Trinajstić information content (AvgIpc) is 2.14. The fourth-order valence-electron chi connectivity index (χ4n) is 1.95. The zero-order chi connectivity index (χ0) is 11.5. The third-order valence-corrected chi connectivity index (χ3v) is 3.11. The molecule has 2 N–H and O–H groups in total. The molecule has 3 nitrogen and oxygen atoms in total. The molecule has 0 fully saturated rings. The van der Waals surface area contributed by atoms with Crippen LogP contribution >= 0.6 is 0 Å². The summed E-state index contributed by atoms with van der Waals surface area (Å²) in [7, 11) is 0. The first kappa shape index (κ1) is 12.7. The summed E-state index contributed by atoms with van der Waals surface area (Å²) in [5.74, 6) is 0.310. The molecule has 2 unspecified atom stereocenters. The molecule has 1 rings (SSSR count). The van der Waals surface area contributed by atoms with Gasteiger partial charge >= 0.3 is 0 Å². The molecular weight excluding hydrogens is 192 g/mol. The van der Waals surface area contributed by atoms with Crippen LogP contribution in [0.3, 0.4) is 0 Å². The van der Waals surface area contributed by atoms with Gasteiger partial charge in [0.25, 0.3) is 0 Å². The van der Waals surface area contributed by atoms with Gasteiger partial charge in [-0.05, 0) is 33.6 Å². The van der Waals surface area contributed by atoms with Crippen molar-refractivity contribution in [2.45, 2.75) is 44.8 Å². The molecule has 0 bridgehead atoms. The molecule has 3 heteroatoms. The van der Waals surface area contributed by atoms with Gasteiger partial charge < -0.3 is 14.9 Å². The fourth-order valence-corrected chi connectivity index (χ4v) is 1.95. The van der Waals surface area contributed by atoms with Gasteiger partial charge in [-0.3, -0.25) is 0 Å². The first-order valence-electron chi connectivity index (χ1n) is 5.54. The van der Waals surface area contributed by atoms with Gasteiger partial charge in [0.1, 0.15) is 0 Å². The average molecular weight is 214 g/mol. The lowest BCUT2D eigenvalue weighted by Crippen LogP contribution is -2.38. The zero-order valence-corrected chi connectivity index (χ0v) is 9.86. The van der Waals surface area contributed by atoms with Crippen LogP contribution in [0.15, 0.2) is 12.2 Å². The van der Waals surface area contributed by atoms with E-state index in [1.165, 1.54) is 0 Å². The van der Waals surface area contributed by atoms with Crippen LogP contribution < -0.4 is 0 Å². The van der Waals surface area contributed by atoms with E-state index in [4.69, 9.17) is 9.84 Å². The Bertz CT molecular complexity index is 231. The minimum Gasteiger partial charge on any atom is -0.394 e. The van der Waals surface area contributed by atoms with Gasteiger partial charge in [-0.1, -0.05) is 12.2 Å². The molecule has 0 saturated carbocycles. The predicted molar refractivity (Wildman–Crippen MR) is 59.6 cm³/mol. The van der Waals surface area contributed by atoms with E-state index in [-0.39, 0.29) is 12.2 Å². The molecular formula is C12H22O3. The SMILES string of the molecule is CC1(O)C=CC(C(C)(C)OCCO)CC1. The summed E-state index contributed by atoms with van der Waals surface area (Å²) in [6, 6.07) is 0. The molecule has 1 aliphatic rings. The Morgan fingerprint density at radius 3 is 2.67 bits per heavy atom. The van der Waals surface area contributed by atoms with Crippen LogP contribution in [0.4, 0.5) is 0 Å². The highest BCUT2D eigenvalue weighted by Crippen LogP contribution is 2.33. The third kappa shape index (κ3) is 3.59. The number of aliphatic hydroxyl groups is 2. The van der Waals surface area contributed by atoms with Crippen molar-refractivity contribution in [2.75, 3.05) is 13.2 Å². The molecule has 0 saturated heterocycles. The summed E-state index contributed by atoms with van der Waals surface area (Å²) in [5, 5.41) is 18.5. The minimum atomic E-state index is -0.663. The molecule has 0 heterocycles. The highest BCUT2D eigenvalue weighted by molar-refractivity contribution is 5.09. The molecule has 2 atom stereocenters. The van der Waals surface area contributed by atoms with Crippen LogP contribution in [0.5, 0.6) is 0 Å². The van der Waals surface area contributed by atoms with Crippen molar-refractivity contribution in [3.63, 3.8) is 0 Å². The lowest BCUT2D eigenvalue weighted by atomic mass is 9.78. The molecule has 0 spiro atoms. The maximum Gasteiger partial charge on any atom is 0.0800 e. The van der Waals surface area contributed by atoms with E-state index in [2.05, 4.69) is 0 Å². The molecule has 0 aromatic carbocycles. The number of ether oxygens (including phenoxy) is 1. The Hall–Kier alpha value is -0.380. The molecule has 0 amide bonds. The first-order chi connectivity index (χ1) is 6.87. The van der Waals surface area contributed by atoms with Crippen molar-refractivity contribution in [3.05, 3.63) is 12.2 Å². The van der Waals surface area contributed by atoms with Crippen molar-refractivity contribution in [1.29, 1.82) is 0 Å². The van der Waals surface area contributed by atoms with Crippen LogP contribution in [0, 0.1) is 5.92 Å². The van der Waals surface area contributed by atoms with E-state index >= 15 is 0 Å². The van der Waals surface area contributed by atoms with Gasteiger partial charge in [0.15, 0.2) is 0 Å². The molecule has 0 radical (unpaired) electrons. The first-order valence-corrected chi connectivity index (χ1v) is 5.54. The number of hydrogen-bond donors (Lipinski definition) is 2. The van der Waals surface area contributed by atoms with Gasteiger partial charge in [-0.2, -0.15) is 0 Å². The van der Waals surface area contributed by atoms with Gasteiger partial charge in [0, 0.05) is 5.92 Å². The summed E-state index contributed by atoms with van der Waals surface area (Å²) in [5.41, 5.74) is -0.931. The van der Waals surface area contributed by atoms with Crippen LogP contribution in [-0.4, -0.2) is 34.6 Å². The van der Waals surface area contributed by atoms with Gasteiger partial charge in [-0.25, -0.2) is 0 Å². The summed E-state index contributed by atoms with van der Waals surface area (Å²) in [6.07, 6.45) is 5.56. The van der Waals surface area contributed by atoms with Crippen molar-refractivity contribution in [1.82, 2.24) is 0 Å². The minimum absolute atomic E-state index is 0.0532. The van der Waals surface area contributed by atoms with Crippen LogP contribution in [0.2, 0.25) is 0 Å². The smallest absolute Gasteiger partial charge is 0.0800 e. The number of hydrogen-bond acceptors (Lipinski definition) is 3. The summed E-state index contributed by atoms with van der Waals surface area (Å²) >= 11 is 0. The normalized spacial score (nSPS) is 31.9. The summed E-state index contributed by atoms with van der Waals surface area (Å²) < 4.78 is 5.60. The molecule has 0 aromatic rings. The highest BCUT2D eigenvalue weighted by atomic mass is 16.5. The Kier molecular flexibility index (Phi) is 3.93. The van der Waals surface area contributed by atoms with Crippen molar-refractivity contribution in [2.24, 2.45) is 5.92 Å². The zero-order valence-electron chi connectivity index (χ0n) is 9.86. The molecule has 0 aromatic heterocycles. The molecule has 15 heavy (non-hydrogen) atoms. The monoisotopic (exact) mass is 214 g/mol. The number of rotatable bonds is 4. The quantitative estimate of drug-likeness (QED) is 0.697. The van der Waals surface area contributed by atoms with E-state index in [1.54, 1.807) is 0 Å². The third-order valence-electron chi connectivity index (χ3n) is 3.11. The summed E-state index contributed by atoms with van der Waals surface area (Å²) in [6.45, 7) is 6.29. The maximum absolute atomic E-state index is 9.77. The van der Waals surface area contributed by atoms with Crippen LogP contribution in [0.25, 0.3) is 0 Å². The van der Waals surface area contributed by atoms with Crippen molar-refractivity contribution in [3.8, 4) is 0 Å². The Morgan fingerprint density at radius 1 is 1.53 bits per heavy atom. The van der Waals surface area contributed by atoms with Gasteiger partial charge in [0.2, 0.25) is 0 Å². The van der Waals surface area contributed by atoms with Gasteiger partial charge in [0.05, 0.1) is 24.4 Å². The van der Waals surface area contributed by atoms with Crippen molar-refractivity contribution < 1.29 is 14.9 Å². The Balaban J connectivity index is 2.58. The maximum atomic E-state index is 9.77. The topological polar surface area (TPSA) is 49.7 Å². The molecule has 88 valence electrons. The van der Waals surface area contributed by atoms with E-state index < -0.39 is 5.60 Å². The largest absolute Gasteiger partial charge is 0.394 e. The van der Waals surface area contributed by atoms with E-state index in [0.717, 1.165) is 12.8 Å². The summed E-state index contributed by atoms with van der Waals surface area (Å²) in [4.78, 5) is 0. The second-order valence-electron chi connectivity index (χ2n) is 5.04. The lowest BCUT2D eigenvalue weighted by molar-refractivity contribution is -0.0675. The Morgan fingerprint density at radius 2 is 2.20 bits per heavy atom. The van der Waals surface area contributed by atoms with E-state index in [0.29, 0.717) is 12.5 Å². The number of aliphatic hydroxyl groups excluding tert-OH is 1. The van der Waals surface area contributed by atoms with E-state index in [9.17, 15) is 5.11 Å². The van der Waals surface area contributed by atoms with Crippen LogP contribution in [0.1, 0.15) is 33.6 Å². The Labute approximate surface area is 91.8 Å². The second-order valence-corrected chi connectivity index (χ2v) is 5.04. The van der Waals surface area contributed by atoms with Gasteiger partial charge in [-0.15, -0.1) is 0 Å². The molecule has 1 aliphatic carbocycles. The lowest BCUT2D eigenvalue weighted by Gasteiger charge is -2.37. The second kappa shape index (κ2) is 4.64. The van der Waals surface area contributed by atoms with Crippen LogP contribution in [-0.2, 0) is 4.74 Å². The van der Waals surface area contributed by atoms with E-state index in [1.807, 2.05) is 32.9 Å². The van der Waals surface area contributed by atoms with Crippen molar-refractivity contribution >= 4 is 0 Å². The standard InChI is InChI=1S/C12H22O3/c1-11(2,15-9-8-13)10-4-6-12(3,14)7-5-10/h4,6,10,13-14H,5,7-9H2,1-3H3. The highest BCUT2D eigenvalue weighted by Gasteiger charge is 2.33.